The summed E-state index contributed by atoms with van der Waals surface area (Å²) in [6.45, 7) is 1.67. The zero-order valence-electron chi connectivity index (χ0n) is 10.4. The van der Waals surface area contributed by atoms with Gasteiger partial charge in [-0.2, -0.15) is 0 Å². The molecule has 1 aromatic carbocycles. The molecule has 1 N–H and O–H groups in total. The number of carbonyl (C=O) groups is 1. The molecule has 0 aliphatic heterocycles. The molecule has 0 radical (unpaired) electrons. The molecule has 0 saturated heterocycles. The van der Waals surface area contributed by atoms with Gasteiger partial charge in [-0.1, -0.05) is 30.3 Å². The SMILES string of the molecule is CC(c1ccccc1)S(=O)(=O)CCCCC(=O)O. The quantitative estimate of drug-likeness (QED) is 0.772. The number of sulfone groups is 1. The first-order chi connectivity index (χ1) is 8.43. The maximum atomic E-state index is 12.0. The molecule has 100 valence electrons. The summed E-state index contributed by atoms with van der Waals surface area (Å²) in [5.74, 6) is -0.848. The van der Waals surface area contributed by atoms with Crippen LogP contribution < -0.4 is 0 Å². The Morgan fingerprint density at radius 3 is 2.39 bits per heavy atom. The number of hydrogen-bond acceptors (Lipinski definition) is 3. The van der Waals surface area contributed by atoms with Crippen LogP contribution in [0.4, 0.5) is 0 Å². The number of hydrogen-bond donors (Lipinski definition) is 1. The van der Waals surface area contributed by atoms with Crippen LogP contribution >= 0.6 is 0 Å². The van der Waals surface area contributed by atoms with Gasteiger partial charge in [-0.15, -0.1) is 0 Å². The third-order valence-electron chi connectivity index (χ3n) is 2.88. The van der Waals surface area contributed by atoms with E-state index >= 15 is 0 Å². The second-order valence-electron chi connectivity index (χ2n) is 4.27. The molecular formula is C13H18O4S. The Balaban J connectivity index is 2.56. The fourth-order valence-corrected chi connectivity index (χ4v) is 3.22. The van der Waals surface area contributed by atoms with Crippen LogP contribution in [0, 0.1) is 0 Å². The second-order valence-corrected chi connectivity index (χ2v) is 6.71. The molecule has 0 fully saturated rings. The molecule has 0 aliphatic rings. The molecule has 1 atom stereocenters. The largest absolute Gasteiger partial charge is 0.481 e. The molecule has 0 aliphatic carbocycles. The van der Waals surface area contributed by atoms with E-state index in [4.69, 9.17) is 5.11 Å². The molecule has 0 heterocycles. The van der Waals surface area contributed by atoms with E-state index in [9.17, 15) is 13.2 Å². The number of carboxylic acids is 1. The van der Waals surface area contributed by atoms with Crippen molar-refractivity contribution in [3.8, 4) is 0 Å². The Labute approximate surface area is 108 Å². The highest BCUT2D eigenvalue weighted by Gasteiger charge is 2.21. The average Bonchev–Trinajstić information content (AvgIpc) is 2.34. The summed E-state index contributed by atoms with van der Waals surface area (Å²) in [4.78, 5) is 10.3. The van der Waals surface area contributed by atoms with E-state index in [2.05, 4.69) is 0 Å². The summed E-state index contributed by atoms with van der Waals surface area (Å²) >= 11 is 0. The summed E-state index contributed by atoms with van der Waals surface area (Å²) in [5, 5.41) is 7.94. The number of rotatable bonds is 7. The highest BCUT2D eigenvalue weighted by atomic mass is 32.2. The molecule has 0 saturated carbocycles. The number of carboxylic acid groups (broad SMARTS) is 1. The topological polar surface area (TPSA) is 71.4 Å². The van der Waals surface area contributed by atoms with Crippen LogP contribution in [0.5, 0.6) is 0 Å². The van der Waals surface area contributed by atoms with Crippen molar-refractivity contribution in [1.29, 1.82) is 0 Å². The Hall–Kier alpha value is -1.36. The van der Waals surface area contributed by atoms with Crippen molar-refractivity contribution in [3.05, 3.63) is 35.9 Å². The van der Waals surface area contributed by atoms with Gasteiger partial charge in [0.05, 0.1) is 11.0 Å². The van der Waals surface area contributed by atoms with E-state index in [-0.39, 0.29) is 12.2 Å². The number of unbranched alkanes of at least 4 members (excludes halogenated alkanes) is 1. The molecule has 5 heteroatoms. The van der Waals surface area contributed by atoms with Crippen molar-refractivity contribution >= 4 is 15.8 Å². The average molecular weight is 270 g/mol. The summed E-state index contributed by atoms with van der Waals surface area (Å²) in [6.07, 6.45) is 0.817. The monoisotopic (exact) mass is 270 g/mol. The van der Waals surface area contributed by atoms with E-state index in [1.165, 1.54) is 0 Å². The van der Waals surface area contributed by atoms with E-state index in [1.54, 1.807) is 19.1 Å². The predicted molar refractivity (Wildman–Crippen MR) is 70.1 cm³/mol. The van der Waals surface area contributed by atoms with Gasteiger partial charge in [0.15, 0.2) is 9.84 Å². The molecular weight excluding hydrogens is 252 g/mol. The van der Waals surface area contributed by atoms with Crippen LogP contribution in [-0.4, -0.2) is 25.2 Å². The van der Waals surface area contributed by atoms with Gasteiger partial charge in [-0.3, -0.25) is 4.79 Å². The molecule has 1 unspecified atom stereocenters. The predicted octanol–water partition coefficient (Wildman–Crippen LogP) is 2.42. The van der Waals surface area contributed by atoms with E-state index < -0.39 is 21.1 Å². The standard InChI is InChI=1S/C13H18O4S/c1-11(12-7-3-2-4-8-12)18(16,17)10-6-5-9-13(14)15/h2-4,7-8,11H,5-6,9-10H2,1H3,(H,14,15). The van der Waals surface area contributed by atoms with Crippen LogP contribution in [0.1, 0.15) is 37.0 Å². The third-order valence-corrected chi connectivity index (χ3v) is 5.08. The van der Waals surface area contributed by atoms with Gasteiger partial charge in [0.1, 0.15) is 0 Å². The number of benzene rings is 1. The molecule has 1 rings (SSSR count). The Morgan fingerprint density at radius 1 is 1.22 bits per heavy atom. The molecule has 1 aromatic rings. The van der Waals surface area contributed by atoms with Crippen LogP contribution in [-0.2, 0) is 14.6 Å². The molecule has 0 spiro atoms. The Bertz CT molecular complexity index is 479. The van der Waals surface area contributed by atoms with Crippen molar-refractivity contribution in [2.24, 2.45) is 0 Å². The minimum absolute atomic E-state index is 0.0231. The van der Waals surface area contributed by atoms with Crippen molar-refractivity contribution in [3.63, 3.8) is 0 Å². The van der Waals surface area contributed by atoms with Crippen molar-refractivity contribution in [1.82, 2.24) is 0 Å². The third kappa shape index (κ3) is 4.49. The summed E-state index contributed by atoms with van der Waals surface area (Å²) in [6, 6.07) is 9.05. The van der Waals surface area contributed by atoms with Crippen molar-refractivity contribution < 1.29 is 18.3 Å². The van der Waals surface area contributed by atoms with Gasteiger partial charge in [0, 0.05) is 6.42 Å². The molecule has 0 amide bonds. The fraction of sp³-hybridized carbons (Fsp3) is 0.462. The molecule has 18 heavy (non-hydrogen) atoms. The maximum absolute atomic E-state index is 12.0. The summed E-state index contributed by atoms with van der Waals surface area (Å²) < 4.78 is 24.1. The minimum atomic E-state index is -3.20. The summed E-state index contributed by atoms with van der Waals surface area (Å²) in [5.41, 5.74) is 0.774. The zero-order valence-corrected chi connectivity index (χ0v) is 11.2. The first-order valence-corrected chi connectivity index (χ1v) is 7.63. The molecule has 0 bridgehead atoms. The van der Waals surface area contributed by atoms with Gasteiger partial charge in [-0.25, -0.2) is 8.42 Å². The zero-order chi connectivity index (χ0) is 13.6. The van der Waals surface area contributed by atoms with Gasteiger partial charge in [-0.05, 0) is 25.3 Å². The summed E-state index contributed by atoms with van der Waals surface area (Å²) in [7, 11) is -3.20. The first kappa shape index (κ1) is 14.7. The van der Waals surface area contributed by atoms with E-state index in [0.29, 0.717) is 12.8 Å². The van der Waals surface area contributed by atoms with Crippen molar-refractivity contribution in [2.75, 3.05) is 5.75 Å². The minimum Gasteiger partial charge on any atom is -0.481 e. The van der Waals surface area contributed by atoms with Gasteiger partial charge in [0.2, 0.25) is 0 Å². The normalized spacial score (nSPS) is 13.2. The first-order valence-electron chi connectivity index (χ1n) is 5.92. The lowest BCUT2D eigenvalue weighted by Gasteiger charge is -2.12. The second kappa shape index (κ2) is 6.54. The Morgan fingerprint density at radius 2 is 1.83 bits per heavy atom. The van der Waals surface area contributed by atoms with Crippen LogP contribution in [0.2, 0.25) is 0 Å². The number of aliphatic carboxylic acids is 1. The van der Waals surface area contributed by atoms with Gasteiger partial charge >= 0.3 is 5.97 Å². The highest BCUT2D eigenvalue weighted by Crippen LogP contribution is 2.23. The Kier molecular flexibility index (Phi) is 5.34. The maximum Gasteiger partial charge on any atom is 0.303 e. The van der Waals surface area contributed by atoms with Crippen LogP contribution in [0.15, 0.2) is 30.3 Å². The molecule has 0 aromatic heterocycles. The lowest BCUT2D eigenvalue weighted by atomic mass is 10.2. The highest BCUT2D eigenvalue weighted by molar-refractivity contribution is 7.91. The lowest BCUT2D eigenvalue weighted by molar-refractivity contribution is -0.137. The van der Waals surface area contributed by atoms with E-state index in [0.717, 1.165) is 5.56 Å². The van der Waals surface area contributed by atoms with E-state index in [1.807, 2.05) is 18.2 Å². The molecule has 4 nitrogen and oxygen atoms in total. The van der Waals surface area contributed by atoms with Crippen molar-refractivity contribution in [2.45, 2.75) is 31.4 Å². The van der Waals surface area contributed by atoms with Crippen LogP contribution in [0.25, 0.3) is 0 Å². The van der Waals surface area contributed by atoms with Gasteiger partial charge < -0.3 is 5.11 Å². The smallest absolute Gasteiger partial charge is 0.303 e. The fourth-order valence-electron chi connectivity index (χ4n) is 1.69. The lowest BCUT2D eigenvalue weighted by Crippen LogP contribution is -2.14. The van der Waals surface area contributed by atoms with Gasteiger partial charge in [0.25, 0.3) is 0 Å². The van der Waals surface area contributed by atoms with Crippen LogP contribution in [0.3, 0.4) is 0 Å².